The topological polar surface area (TPSA) is 73.9 Å². The number of carbonyl (C=O) groups excluding carboxylic acids is 1. The lowest BCUT2D eigenvalue weighted by molar-refractivity contribution is 0.0893. The van der Waals surface area contributed by atoms with E-state index < -0.39 is 5.66 Å². The monoisotopic (exact) mass is 397 g/mol. The molecule has 6 nitrogen and oxygen atoms in total. The number of benzene rings is 2. The van der Waals surface area contributed by atoms with Crippen molar-refractivity contribution in [1.29, 1.82) is 0 Å². The summed E-state index contributed by atoms with van der Waals surface area (Å²) >= 11 is 0. The number of nitrogens with zero attached hydrogens (tertiary/aromatic N) is 3. The Labute approximate surface area is 175 Å². The van der Waals surface area contributed by atoms with Crippen molar-refractivity contribution < 1.29 is 4.79 Å². The largest absolute Gasteiger partial charge is 0.344 e. The van der Waals surface area contributed by atoms with Crippen LogP contribution in [0.2, 0.25) is 0 Å². The van der Waals surface area contributed by atoms with E-state index in [9.17, 15) is 4.79 Å². The molecule has 30 heavy (non-hydrogen) atoms. The normalized spacial score (nSPS) is 16.2. The molecule has 2 aromatic heterocycles. The van der Waals surface area contributed by atoms with Gasteiger partial charge in [-0.25, -0.2) is 4.98 Å². The van der Waals surface area contributed by atoms with Crippen LogP contribution in [0.25, 0.3) is 22.3 Å². The van der Waals surface area contributed by atoms with Crippen LogP contribution >= 0.6 is 0 Å². The molecule has 2 N–H and O–H groups in total. The van der Waals surface area contributed by atoms with Gasteiger partial charge in [0, 0.05) is 24.2 Å². The zero-order chi connectivity index (χ0) is 20.9. The first-order chi connectivity index (χ1) is 14.5. The summed E-state index contributed by atoms with van der Waals surface area (Å²) in [6.45, 7) is 6.25. The second kappa shape index (κ2) is 6.69. The fraction of sp³-hybridized carbons (Fsp3) is 0.208. The Bertz CT molecular complexity index is 1240. The third-order valence-corrected chi connectivity index (χ3v) is 5.81. The number of aromatic nitrogens is 3. The summed E-state index contributed by atoms with van der Waals surface area (Å²) in [6.07, 6.45) is 5.29. The number of fused-ring (bicyclic) bond motifs is 2. The number of nitrogens with one attached hydrogen (secondary N) is 2. The fourth-order valence-electron chi connectivity index (χ4n) is 4.44. The summed E-state index contributed by atoms with van der Waals surface area (Å²) in [5.41, 5.74) is 5.77. The van der Waals surface area contributed by atoms with E-state index in [0.717, 1.165) is 28.0 Å². The number of carbonyl (C=O) groups is 1. The molecule has 0 unspecified atom stereocenters. The van der Waals surface area contributed by atoms with Crippen LogP contribution in [-0.2, 0) is 0 Å². The molecular formula is C24H23N5O. The van der Waals surface area contributed by atoms with Crippen LogP contribution in [0.5, 0.6) is 0 Å². The van der Waals surface area contributed by atoms with E-state index in [2.05, 4.69) is 50.3 Å². The number of H-pyrrole nitrogens is 1. The summed E-state index contributed by atoms with van der Waals surface area (Å²) in [5, 5.41) is 3.15. The lowest BCUT2D eigenvalue weighted by atomic mass is 9.94. The van der Waals surface area contributed by atoms with Crippen molar-refractivity contribution in [3.05, 3.63) is 78.2 Å². The molecule has 5 rings (SSSR count). The molecule has 3 heterocycles. The lowest BCUT2D eigenvalue weighted by Gasteiger charge is -2.48. The first-order valence-electron chi connectivity index (χ1n) is 10.0. The Hall–Kier alpha value is -3.67. The minimum atomic E-state index is -0.544. The van der Waals surface area contributed by atoms with Gasteiger partial charge < -0.3 is 15.2 Å². The van der Waals surface area contributed by atoms with Gasteiger partial charge in [0.05, 0.1) is 17.3 Å². The summed E-state index contributed by atoms with van der Waals surface area (Å²) in [4.78, 5) is 27.1. The molecule has 0 aliphatic carbocycles. The molecule has 1 amide bonds. The molecule has 0 radical (unpaired) electrons. The van der Waals surface area contributed by atoms with Gasteiger partial charge in [-0.15, -0.1) is 0 Å². The average Bonchev–Trinajstić information content (AvgIpc) is 3.17. The lowest BCUT2D eigenvalue weighted by Crippen LogP contribution is -2.61. The molecule has 0 fully saturated rings. The third kappa shape index (κ3) is 2.84. The second-order valence-corrected chi connectivity index (χ2v) is 8.16. The van der Waals surface area contributed by atoms with Gasteiger partial charge >= 0.3 is 0 Å². The van der Waals surface area contributed by atoms with Gasteiger partial charge in [-0.1, -0.05) is 36.4 Å². The van der Waals surface area contributed by atoms with E-state index in [1.807, 2.05) is 50.4 Å². The SMILES string of the molecule is C[C@H](c1ccccc1)N1c2cc(-c3c[nH]c4nccnc34)ccc2C(=O)NC1(C)C. The summed E-state index contributed by atoms with van der Waals surface area (Å²) in [6, 6.07) is 16.4. The quantitative estimate of drug-likeness (QED) is 0.527. The summed E-state index contributed by atoms with van der Waals surface area (Å²) < 4.78 is 0. The smallest absolute Gasteiger partial charge is 0.255 e. The molecule has 0 saturated heterocycles. The van der Waals surface area contributed by atoms with Crippen molar-refractivity contribution >= 4 is 22.8 Å². The Morgan fingerprint density at radius 3 is 2.57 bits per heavy atom. The molecule has 0 spiro atoms. The van der Waals surface area contributed by atoms with Crippen molar-refractivity contribution in [1.82, 2.24) is 20.3 Å². The summed E-state index contributed by atoms with van der Waals surface area (Å²) in [5.74, 6) is -0.0585. The van der Waals surface area contributed by atoms with Gasteiger partial charge in [0.25, 0.3) is 5.91 Å². The van der Waals surface area contributed by atoms with E-state index in [-0.39, 0.29) is 11.9 Å². The van der Waals surface area contributed by atoms with Crippen LogP contribution in [0.3, 0.4) is 0 Å². The van der Waals surface area contributed by atoms with E-state index >= 15 is 0 Å². The zero-order valence-electron chi connectivity index (χ0n) is 17.2. The first kappa shape index (κ1) is 18.4. The highest BCUT2D eigenvalue weighted by molar-refractivity contribution is 6.04. The highest BCUT2D eigenvalue weighted by Gasteiger charge is 2.39. The van der Waals surface area contributed by atoms with Crippen LogP contribution in [0, 0.1) is 0 Å². The molecular weight excluding hydrogens is 374 g/mol. The maximum atomic E-state index is 12.8. The predicted molar refractivity (Wildman–Crippen MR) is 118 cm³/mol. The van der Waals surface area contributed by atoms with Gasteiger partial charge in [0.1, 0.15) is 11.2 Å². The molecule has 1 aliphatic rings. The van der Waals surface area contributed by atoms with Gasteiger partial charge in [0.15, 0.2) is 5.65 Å². The first-order valence-corrected chi connectivity index (χ1v) is 10.0. The Balaban J connectivity index is 1.68. The van der Waals surface area contributed by atoms with E-state index in [1.165, 1.54) is 5.56 Å². The molecule has 2 aromatic carbocycles. The second-order valence-electron chi connectivity index (χ2n) is 8.16. The number of rotatable bonds is 3. The van der Waals surface area contributed by atoms with Crippen LogP contribution in [0.4, 0.5) is 5.69 Å². The number of hydrogen-bond donors (Lipinski definition) is 2. The van der Waals surface area contributed by atoms with Gasteiger partial charge in [-0.05, 0) is 44.0 Å². The number of amides is 1. The van der Waals surface area contributed by atoms with Crippen LogP contribution in [-0.4, -0.2) is 26.5 Å². The van der Waals surface area contributed by atoms with Gasteiger partial charge in [0.2, 0.25) is 0 Å². The standard InChI is InChI=1S/C24H23N5O/c1-15(16-7-5-4-6-8-16)29-20-13-17(9-10-18(20)23(30)28-24(29,2)3)19-14-27-22-21(19)25-11-12-26-22/h4-15H,1-3H3,(H,26,27)(H,28,30)/t15-/m1/s1. The molecule has 1 atom stereocenters. The van der Waals surface area contributed by atoms with Gasteiger partial charge in [-0.3, -0.25) is 9.78 Å². The molecule has 150 valence electrons. The predicted octanol–water partition coefficient (Wildman–Crippen LogP) is 4.67. The maximum absolute atomic E-state index is 12.8. The minimum absolute atomic E-state index is 0.0585. The van der Waals surface area contributed by atoms with Crippen molar-refractivity contribution in [3.8, 4) is 11.1 Å². The Morgan fingerprint density at radius 1 is 1.00 bits per heavy atom. The van der Waals surface area contributed by atoms with Gasteiger partial charge in [-0.2, -0.15) is 0 Å². The van der Waals surface area contributed by atoms with Crippen LogP contribution in [0.1, 0.15) is 42.7 Å². The number of anilines is 1. The van der Waals surface area contributed by atoms with E-state index in [1.54, 1.807) is 12.4 Å². The van der Waals surface area contributed by atoms with Crippen LogP contribution < -0.4 is 10.2 Å². The Morgan fingerprint density at radius 2 is 1.77 bits per heavy atom. The molecule has 0 bridgehead atoms. The highest BCUT2D eigenvalue weighted by Crippen LogP contribution is 2.41. The molecule has 0 saturated carbocycles. The minimum Gasteiger partial charge on any atom is -0.344 e. The van der Waals surface area contributed by atoms with Crippen molar-refractivity contribution in [2.24, 2.45) is 0 Å². The Kier molecular flexibility index (Phi) is 4.10. The van der Waals surface area contributed by atoms with Crippen molar-refractivity contribution in [2.75, 3.05) is 4.90 Å². The molecule has 4 aromatic rings. The van der Waals surface area contributed by atoms with E-state index in [0.29, 0.717) is 5.56 Å². The fourth-order valence-corrected chi connectivity index (χ4v) is 4.44. The van der Waals surface area contributed by atoms with Crippen molar-refractivity contribution in [2.45, 2.75) is 32.5 Å². The average molecular weight is 397 g/mol. The number of hydrogen-bond acceptors (Lipinski definition) is 4. The van der Waals surface area contributed by atoms with Crippen molar-refractivity contribution in [3.63, 3.8) is 0 Å². The molecule has 6 heteroatoms. The number of aromatic amines is 1. The van der Waals surface area contributed by atoms with Crippen LogP contribution in [0.15, 0.2) is 67.1 Å². The molecule has 1 aliphatic heterocycles. The third-order valence-electron chi connectivity index (χ3n) is 5.81. The highest BCUT2D eigenvalue weighted by atomic mass is 16.2. The summed E-state index contributed by atoms with van der Waals surface area (Å²) in [7, 11) is 0. The maximum Gasteiger partial charge on any atom is 0.255 e. The zero-order valence-corrected chi connectivity index (χ0v) is 17.2. The van der Waals surface area contributed by atoms with E-state index in [4.69, 9.17) is 0 Å².